The molecule has 0 spiro atoms. The maximum Gasteiger partial charge on any atom is 0.344 e. The number of carbonyl (C=O) groups is 2. The molecule has 1 amide bonds. The summed E-state index contributed by atoms with van der Waals surface area (Å²) in [6.07, 6.45) is 2.33. The molecule has 2 aromatic rings. The maximum absolute atomic E-state index is 12.3. The summed E-state index contributed by atoms with van der Waals surface area (Å²) in [5, 5.41) is 9.64. The van der Waals surface area contributed by atoms with Gasteiger partial charge in [0, 0.05) is 6.61 Å². The van der Waals surface area contributed by atoms with Crippen LogP contribution in [-0.4, -0.2) is 51.0 Å². The van der Waals surface area contributed by atoms with Crippen molar-refractivity contribution < 1.29 is 14.3 Å². The predicted octanol–water partition coefficient (Wildman–Crippen LogP) is 1.16. The van der Waals surface area contributed by atoms with Crippen molar-refractivity contribution in [1.29, 1.82) is 0 Å². The number of aromatic nitrogens is 3. The minimum Gasteiger partial charge on any atom is -0.376 e. The number of Topliss-reactive ketones (excluding diaryl/α,β-unsaturated/α-hetero) is 1. The second-order valence-corrected chi connectivity index (χ2v) is 7.71. The summed E-state index contributed by atoms with van der Waals surface area (Å²) < 4.78 is 7.07. The number of hydrogen-bond donors (Lipinski definition) is 2. The van der Waals surface area contributed by atoms with Crippen molar-refractivity contribution in [3.8, 4) is 0 Å². The van der Waals surface area contributed by atoms with E-state index in [0.29, 0.717) is 24.7 Å². The SMILES string of the molecule is CC(=O)[C@@H](Cc1ccccc1)NC(=O)CSc1n[nH]c(=O)n1C[C@H]1CCCO1. The van der Waals surface area contributed by atoms with Gasteiger partial charge < -0.3 is 10.1 Å². The van der Waals surface area contributed by atoms with E-state index >= 15 is 0 Å². The highest BCUT2D eigenvalue weighted by atomic mass is 32.2. The molecule has 1 aromatic heterocycles. The fourth-order valence-corrected chi connectivity index (χ4v) is 3.85. The molecular formula is C19H24N4O4S. The van der Waals surface area contributed by atoms with Crippen LogP contribution in [0.2, 0.25) is 0 Å². The van der Waals surface area contributed by atoms with E-state index in [-0.39, 0.29) is 29.2 Å². The van der Waals surface area contributed by atoms with Gasteiger partial charge in [0.05, 0.1) is 24.4 Å². The molecule has 0 bridgehead atoms. The highest BCUT2D eigenvalue weighted by molar-refractivity contribution is 7.99. The molecule has 1 saturated heterocycles. The van der Waals surface area contributed by atoms with Gasteiger partial charge in [0.25, 0.3) is 0 Å². The lowest BCUT2D eigenvalue weighted by Crippen LogP contribution is -2.42. The number of amides is 1. The van der Waals surface area contributed by atoms with Gasteiger partial charge in [-0.3, -0.25) is 14.2 Å². The zero-order valence-corrected chi connectivity index (χ0v) is 16.5. The molecule has 0 unspecified atom stereocenters. The summed E-state index contributed by atoms with van der Waals surface area (Å²) in [4.78, 5) is 36.2. The second-order valence-electron chi connectivity index (χ2n) is 6.77. The third-order valence-corrected chi connectivity index (χ3v) is 5.55. The molecule has 0 radical (unpaired) electrons. The Morgan fingerprint density at radius 3 is 2.86 bits per heavy atom. The Kier molecular flexibility index (Phi) is 7.05. The Bertz CT molecular complexity index is 858. The molecule has 2 N–H and O–H groups in total. The van der Waals surface area contributed by atoms with Crippen LogP contribution in [0.1, 0.15) is 25.3 Å². The van der Waals surface area contributed by atoms with Crippen LogP contribution in [0.25, 0.3) is 0 Å². The average molecular weight is 404 g/mol. The maximum atomic E-state index is 12.3. The Balaban J connectivity index is 1.56. The number of ether oxygens (including phenoxy) is 1. The minimum atomic E-state index is -0.580. The first-order valence-electron chi connectivity index (χ1n) is 9.26. The van der Waals surface area contributed by atoms with Crippen molar-refractivity contribution in [3.05, 3.63) is 46.4 Å². The van der Waals surface area contributed by atoms with Crippen molar-refractivity contribution in [2.45, 2.75) is 50.0 Å². The third-order valence-electron chi connectivity index (χ3n) is 4.57. The van der Waals surface area contributed by atoms with E-state index in [1.54, 1.807) is 0 Å². The van der Waals surface area contributed by atoms with E-state index in [2.05, 4.69) is 15.5 Å². The zero-order chi connectivity index (χ0) is 19.9. The second kappa shape index (κ2) is 9.70. The van der Waals surface area contributed by atoms with Crippen molar-refractivity contribution in [2.24, 2.45) is 0 Å². The molecule has 1 fully saturated rings. The number of nitrogens with zero attached hydrogens (tertiary/aromatic N) is 2. The number of H-pyrrole nitrogens is 1. The third kappa shape index (κ3) is 5.56. The number of aromatic amines is 1. The first-order valence-corrected chi connectivity index (χ1v) is 10.2. The van der Waals surface area contributed by atoms with Gasteiger partial charge in [0.15, 0.2) is 10.9 Å². The Morgan fingerprint density at radius 1 is 1.39 bits per heavy atom. The monoisotopic (exact) mass is 404 g/mol. The van der Waals surface area contributed by atoms with Gasteiger partial charge in [-0.15, -0.1) is 5.10 Å². The first kappa shape index (κ1) is 20.3. The van der Waals surface area contributed by atoms with Crippen molar-refractivity contribution >= 4 is 23.5 Å². The van der Waals surface area contributed by atoms with E-state index in [1.165, 1.54) is 11.5 Å². The fourth-order valence-electron chi connectivity index (χ4n) is 3.08. The molecule has 0 aliphatic carbocycles. The smallest absolute Gasteiger partial charge is 0.344 e. The number of thioether (sulfide) groups is 1. The van der Waals surface area contributed by atoms with Crippen molar-refractivity contribution in [2.75, 3.05) is 12.4 Å². The van der Waals surface area contributed by atoms with Gasteiger partial charge in [-0.05, 0) is 31.7 Å². The van der Waals surface area contributed by atoms with E-state index in [4.69, 9.17) is 4.74 Å². The van der Waals surface area contributed by atoms with E-state index < -0.39 is 6.04 Å². The highest BCUT2D eigenvalue weighted by Crippen LogP contribution is 2.18. The summed E-state index contributed by atoms with van der Waals surface area (Å²) in [6.45, 7) is 2.59. The van der Waals surface area contributed by atoms with Crippen molar-refractivity contribution in [1.82, 2.24) is 20.1 Å². The summed E-state index contributed by atoms with van der Waals surface area (Å²) in [5.41, 5.74) is 0.664. The Labute approximate surface area is 167 Å². The van der Waals surface area contributed by atoms with Gasteiger partial charge in [0.1, 0.15) is 0 Å². The number of ketones is 1. The Hall–Kier alpha value is -2.39. The van der Waals surface area contributed by atoms with Crippen LogP contribution < -0.4 is 11.0 Å². The molecule has 2 heterocycles. The van der Waals surface area contributed by atoms with Crippen molar-refractivity contribution in [3.63, 3.8) is 0 Å². The van der Waals surface area contributed by atoms with Gasteiger partial charge in [-0.1, -0.05) is 42.1 Å². The molecule has 150 valence electrons. The normalized spacial score (nSPS) is 17.4. The zero-order valence-electron chi connectivity index (χ0n) is 15.7. The lowest BCUT2D eigenvalue weighted by atomic mass is 10.0. The summed E-state index contributed by atoms with van der Waals surface area (Å²) >= 11 is 1.16. The van der Waals surface area contributed by atoms with Crippen LogP contribution in [0.4, 0.5) is 0 Å². The topological polar surface area (TPSA) is 106 Å². The number of hydrogen-bond acceptors (Lipinski definition) is 6. The molecule has 28 heavy (non-hydrogen) atoms. The molecule has 3 rings (SSSR count). The average Bonchev–Trinajstić information content (AvgIpc) is 3.31. The minimum absolute atomic E-state index is 0.00329. The molecule has 1 aliphatic heterocycles. The van der Waals surface area contributed by atoms with Crippen LogP contribution in [0.5, 0.6) is 0 Å². The van der Waals surface area contributed by atoms with Crippen LogP contribution in [-0.2, 0) is 27.3 Å². The van der Waals surface area contributed by atoms with E-state index in [0.717, 1.165) is 30.2 Å². The van der Waals surface area contributed by atoms with E-state index in [1.807, 2.05) is 30.3 Å². The molecule has 0 saturated carbocycles. The number of nitrogens with one attached hydrogen (secondary N) is 2. The van der Waals surface area contributed by atoms with Crippen LogP contribution in [0, 0.1) is 0 Å². The lowest BCUT2D eigenvalue weighted by molar-refractivity contribution is -0.125. The lowest BCUT2D eigenvalue weighted by Gasteiger charge is -2.16. The predicted molar refractivity (Wildman–Crippen MR) is 105 cm³/mol. The summed E-state index contributed by atoms with van der Waals surface area (Å²) in [6, 6.07) is 8.96. The van der Waals surface area contributed by atoms with Gasteiger partial charge in [0.2, 0.25) is 5.91 Å². The summed E-state index contributed by atoms with van der Waals surface area (Å²) in [5.74, 6) is -0.313. The molecular weight excluding hydrogens is 380 g/mol. The van der Waals surface area contributed by atoms with Gasteiger partial charge in [-0.2, -0.15) is 0 Å². The number of carbonyl (C=O) groups excluding carboxylic acids is 2. The van der Waals surface area contributed by atoms with Crippen LogP contribution in [0.3, 0.4) is 0 Å². The van der Waals surface area contributed by atoms with Crippen LogP contribution in [0.15, 0.2) is 40.3 Å². The van der Waals surface area contributed by atoms with Gasteiger partial charge in [-0.25, -0.2) is 9.89 Å². The number of benzene rings is 1. The molecule has 2 atom stereocenters. The molecule has 9 heteroatoms. The quantitative estimate of drug-likeness (QED) is 0.608. The fraction of sp³-hybridized carbons (Fsp3) is 0.474. The largest absolute Gasteiger partial charge is 0.376 e. The van der Waals surface area contributed by atoms with Crippen LogP contribution >= 0.6 is 11.8 Å². The summed E-state index contributed by atoms with van der Waals surface area (Å²) in [7, 11) is 0. The molecule has 1 aromatic carbocycles. The Morgan fingerprint density at radius 2 is 2.18 bits per heavy atom. The molecule has 1 aliphatic rings. The first-order chi connectivity index (χ1) is 13.5. The highest BCUT2D eigenvalue weighted by Gasteiger charge is 2.21. The van der Waals surface area contributed by atoms with Gasteiger partial charge >= 0.3 is 5.69 Å². The standard InChI is InChI=1S/C19H24N4O4S/c1-13(24)16(10-14-6-3-2-4-7-14)20-17(25)12-28-19-22-21-18(26)23(19)11-15-8-5-9-27-15/h2-4,6-7,15-16H,5,8-12H2,1H3,(H,20,25)(H,21,26)/t15-,16-/m1/s1. The van der Waals surface area contributed by atoms with E-state index in [9.17, 15) is 14.4 Å². The molecule has 8 nitrogen and oxygen atoms in total. The number of rotatable bonds is 9.